The largest absolute Gasteiger partial charge is 0.477 e. The minimum atomic E-state index is -1.63. The number of nitrogens with two attached hydrogens (primary N) is 1. The average Bonchev–Trinajstić information content (AvgIpc) is 2.64. The predicted molar refractivity (Wildman–Crippen MR) is 96.3 cm³/mol. The fraction of sp³-hybridized carbons (Fsp3) is 0.111. The molecule has 0 bridgehead atoms. The van der Waals surface area contributed by atoms with E-state index in [0.29, 0.717) is 6.07 Å². The molecule has 5 N–H and O–H groups in total. The number of benzene rings is 2. The number of rotatable bonds is 4. The van der Waals surface area contributed by atoms with E-state index in [1.165, 1.54) is 7.05 Å². The number of hydrogen-bond acceptors (Lipinski definition) is 5. The van der Waals surface area contributed by atoms with Gasteiger partial charge in [0.25, 0.3) is 0 Å². The van der Waals surface area contributed by atoms with Crippen molar-refractivity contribution in [3.8, 4) is 5.69 Å². The molecule has 146 valence electrons. The van der Waals surface area contributed by atoms with Crippen molar-refractivity contribution in [3.05, 3.63) is 63.2 Å². The number of aliphatic hydroxyl groups is 1. The molecule has 2 aromatic carbocycles. The minimum absolute atomic E-state index is 0.117. The fourth-order valence-electron chi connectivity index (χ4n) is 3.04. The topological polar surface area (TPSA) is 118 Å². The average molecular weight is 393 g/mol. The summed E-state index contributed by atoms with van der Waals surface area (Å²) in [5.41, 5.74) is 2.47. The Morgan fingerprint density at radius 1 is 1.18 bits per heavy atom. The Morgan fingerprint density at radius 2 is 1.86 bits per heavy atom. The number of hydrogen-bond donors (Lipinski definition) is 4. The van der Waals surface area contributed by atoms with Crippen LogP contribution in [0.2, 0.25) is 0 Å². The summed E-state index contributed by atoms with van der Waals surface area (Å²) in [6.45, 7) is -0.755. The molecule has 0 aliphatic carbocycles. The first-order valence-corrected chi connectivity index (χ1v) is 7.88. The highest BCUT2D eigenvalue weighted by atomic mass is 19.1. The van der Waals surface area contributed by atoms with E-state index in [4.69, 9.17) is 5.73 Å². The first-order chi connectivity index (χ1) is 13.2. The van der Waals surface area contributed by atoms with Crippen LogP contribution in [0.3, 0.4) is 0 Å². The number of aromatic carboxylic acids is 1. The Hall–Kier alpha value is -3.53. The zero-order valence-corrected chi connectivity index (χ0v) is 14.4. The molecular formula is C18H14F3N3O4. The Morgan fingerprint density at radius 3 is 2.43 bits per heavy atom. The van der Waals surface area contributed by atoms with Gasteiger partial charge >= 0.3 is 5.97 Å². The lowest BCUT2D eigenvalue weighted by molar-refractivity contribution is 0.0695. The van der Waals surface area contributed by atoms with Crippen molar-refractivity contribution in [2.75, 3.05) is 18.1 Å². The van der Waals surface area contributed by atoms with Gasteiger partial charge in [0, 0.05) is 24.9 Å². The van der Waals surface area contributed by atoms with Crippen LogP contribution in [0.1, 0.15) is 15.9 Å². The first kappa shape index (κ1) is 19.2. The Bertz CT molecular complexity index is 1190. The third kappa shape index (κ3) is 2.83. The summed E-state index contributed by atoms with van der Waals surface area (Å²) in [6, 6.07) is 2.19. The summed E-state index contributed by atoms with van der Waals surface area (Å²) >= 11 is 0. The number of aliphatic hydroxyl groups excluding tert-OH is 1. The molecule has 0 unspecified atom stereocenters. The molecule has 1 heterocycles. The highest BCUT2D eigenvalue weighted by Gasteiger charge is 2.23. The van der Waals surface area contributed by atoms with Crippen molar-refractivity contribution in [2.24, 2.45) is 0 Å². The van der Waals surface area contributed by atoms with Crippen molar-refractivity contribution in [2.45, 2.75) is 6.61 Å². The molecule has 0 spiro atoms. The number of nitrogens with zero attached hydrogens (tertiary/aromatic N) is 1. The van der Waals surface area contributed by atoms with Gasteiger partial charge in [0.1, 0.15) is 23.0 Å². The zero-order chi connectivity index (χ0) is 20.7. The van der Waals surface area contributed by atoms with E-state index in [1.807, 2.05) is 0 Å². The second-order valence-electron chi connectivity index (χ2n) is 5.89. The summed E-state index contributed by atoms with van der Waals surface area (Å²) in [5.74, 6) is -4.68. The normalized spacial score (nSPS) is 11.0. The summed E-state index contributed by atoms with van der Waals surface area (Å²) in [4.78, 5) is 24.0. The maximum atomic E-state index is 14.5. The fourth-order valence-corrected chi connectivity index (χ4v) is 3.04. The standard InChI is InChI=1S/C18H14F3N3O4/c1-23-15-9(6-25)16-7(2-12(15)21)17(26)8(18(27)28)5-24(16)14-4-13(22)10(19)3-11(14)20/h2-5,23,25H,6,22H2,1H3,(H,27,28). The Labute approximate surface area is 155 Å². The molecule has 28 heavy (non-hydrogen) atoms. The van der Waals surface area contributed by atoms with Gasteiger partial charge in [0.2, 0.25) is 5.43 Å². The Kier molecular flexibility index (Phi) is 4.73. The van der Waals surface area contributed by atoms with Gasteiger partial charge in [-0.1, -0.05) is 0 Å². The molecule has 0 atom stereocenters. The van der Waals surface area contributed by atoms with Crippen LogP contribution in [0.25, 0.3) is 16.6 Å². The maximum Gasteiger partial charge on any atom is 0.341 e. The molecule has 0 fully saturated rings. The van der Waals surface area contributed by atoms with E-state index < -0.39 is 52.1 Å². The number of carbonyl (C=O) groups is 1. The number of anilines is 2. The van der Waals surface area contributed by atoms with Crippen LogP contribution in [0.15, 0.2) is 29.2 Å². The van der Waals surface area contributed by atoms with E-state index >= 15 is 0 Å². The van der Waals surface area contributed by atoms with Gasteiger partial charge < -0.3 is 25.8 Å². The smallest absolute Gasteiger partial charge is 0.341 e. The summed E-state index contributed by atoms with van der Waals surface area (Å²) in [5, 5.41) is 21.2. The summed E-state index contributed by atoms with van der Waals surface area (Å²) in [7, 11) is 1.37. The van der Waals surface area contributed by atoms with E-state index in [-0.39, 0.29) is 22.5 Å². The quantitative estimate of drug-likeness (QED) is 0.505. The number of nitrogen functional groups attached to an aromatic ring is 1. The van der Waals surface area contributed by atoms with Gasteiger partial charge in [-0.05, 0) is 12.1 Å². The van der Waals surface area contributed by atoms with Gasteiger partial charge in [-0.25, -0.2) is 18.0 Å². The van der Waals surface area contributed by atoms with Crippen LogP contribution >= 0.6 is 0 Å². The molecule has 3 aromatic rings. The molecule has 0 aliphatic rings. The number of pyridine rings is 1. The highest BCUT2D eigenvalue weighted by Crippen LogP contribution is 2.31. The van der Waals surface area contributed by atoms with Gasteiger partial charge in [0.15, 0.2) is 0 Å². The molecule has 0 saturated heterocycles. The highest BCUT2D eigenvalue weighted by molar-refractivity contribution is 5.96. The summed E-state index contributed by atoms with van der Waals surface area (Å²) < 4.78 is 43.4. The number of aromatic nitrogens is 1. The van der Waals surface area contributed by atoms with Gasteiger partial charge in [0.05, 0.1) is 34.6 Å². The van der Waals surface area contributed by atoms with Crippen LogP contribution in [0.4, 0.5) is 24.5 Å². The zero-order valence-electron chi connectivity index (χ0n) is 14.4. The van der Waals surface area contributed by atoms with E-state index in [9.17, 15) is 33.0 Å². The van der Waals surface area contributed by atoms with Crippen molar-refractivity contribution in [1.82, 2.24) is 4.57 Å². The molecule has 3 rings (SSSR count). The number of carboxylic acids is 1. The maximum absolute atomic E-state index is 14.5. The SMILES string of the molecule is CNc1c(F)cc2c(=O)c(C(=O)O)cn(-c3cc(N)c(F)cc3F)c2c1CO. The Balaban J connectivity index is 2.62. The third-order valence-corrected chi connectivity index (χ3v) is 4.31. The first-order valence-electron chi connectivity index (χ1n) is 7.88. The van der Waals surface area contributed by atoms with Crippen molar-refractivity contribution < 1.29 is 28.2 Å². The van der Waals surface area contributed by atoms with E-state index in [0.717, 1.165) is 22.9 Å². The molecule has 7 nitrogen and oxygen atoms in total. The predicted octanol–water partition coefficient (Wildman–Crippen LogP) is 2.22. The van der Waals surface area contributed by atoms with Gasteiger partial charge in [-0.15, -0.1) is 0 Å². The van der Waals surface area contributed by atoms with Crippen molar-refractivity contribution in [1.29, 1.82) is 0 Å². The number of halogens is 3. The van der Waals surface area contributed by atoms with Gasteiger partial charge in [-0.2, -0.15) is 0 Å². The van der Waals surface area contributed by atoms with Crippen LogP contribution in [-0.2, 0) is 6.61 Å². The molecule has 10 heteroatoms. The van der Waals surface area contributed by atoms with Crippen LogP contribution in [-0.4, -0.2) is 27.8 Å². The summed E-state index contributed by atoms with van der Waals surface area (Å²) in [6.07, 6.45) is 0.819. The molecule has 0 aliphatic heterocycles. The third-order valence-electron chi connectivity index (χ3n) is 4.31. The number of nitrogens with one attached hydrogen (secondary N) is 1. The number of carboxylic acid groups (broad SMARTS) is 1. The molecular weight excluding hydrogens is 379 g/mol. The lowest BCUT2D eigenvalue weighted by Crippen LogP contribution is -2.20. The van der Waals surface area contributed by atoms with Crippen LogP contribution in [0.5, 0.6) is 0 Å². The monoisotopic (exact) mass is 393 g/mol. The minimum Gasteiger partial charge on any atom is -0.477 e. The van der Waals surface area contributed by atoms with Gasteiger partial charge in [-0.3, -0.25) is 4.79 Å². The van der Waals surface area contributed by atoms with E-state index in [1.54, 1.807) is 0 Å². The van der Waals surface area contributed by atoms with Crippen LogP contribution in [0, 0.1) is 17.5 Å². The van der Waals surface area contributed by atoms with E-state index in [2.05, 4.69) is 5.32 Å². The number of fused-ring (bicyclic) bond motifs is 1. The lowest BCUT2D eigenvalue weighted by Gasteiger charge is -2.19. The molecule has 1 aromatic heterocycles. The van der Waals surface area contributed by atoms with Crippen molar-refractivity contribution in [3.63, 3.8) is 0 Å². The lowest BCUT2D eigenvalue weighted by atomic mass is 10.0. The second-order valence-corrected chi connectivity index (χ2v) is 5.89. The molecule has 0 saturated carbocycles. The van der Waals surface area contributed by atoms with Crippen molar-refractivity contribution >= 4 is 28.2 Å². The molecule has 0 amide bonds. The second kappa shape index (κ2) is 6.89. The van der Waals surface area contributed by atoms with Crippen LogP contribution < -0.4 is 16.5 Å². The molecule has 0 radical (unpaired) electrons.